The van der Waals surface area contributed by atoms with Gasteiger partial charge in [-0.2, -0.15) is 0 Å². The first-order valence-corrected chi connectivity index (χ1v) is 3.17. The summed E-state index contributed by atoms with van der Waals surface area (Å²) in [5.74, 6) is 0. The van der Waals surface area contributed by atoms with Crippen LogP contribution in [0.2, 0.25) is 0 Å². The van der Waals surface area contributed by atoms with Crippen molar-refractivity contribution < 1.29 is 4.52 Å². The lowest BCUT2D eigenvalue weighted by molar-refractivity contribution is 0.456. The fourth-order valence-corrected chi connectivity index (χ4v) is 0.950. The predicted octanol–water partition coefficient (Wildman–Crippen LogP) is 0.992. The van der Waals surface area contributed by atoms with Gasteiger partial charge in [0.15, 0.2) is 5.58 Å². The molecule has 1 heterocycles. The maximum Gasteiger partial charge on any atom is 0.169 e. The molecule has 0 aliphatic rings. The highest BCUT2D eigenvalue weighted by molar-refractivity contribution is 5.86. The molecule has 0 amide bonds. The third kappa shape index (κ3) is 0.797. The maximum absolute atomic E-state index is 5.55. The SMILES string of the molecule is Nc1cc2cnoc2cc1N. The lowest BCUT2D eigenvalue weighted by Gasteiger charge is -1.96. The molecular formula is C7H7N3O. The van der Waals surface area contributed by atoms with Gasteiger partial charge in [0, 0.05) is 11.5 Å². The zero-order valence-electron chi connectivity index (χ0n) is 5.74. The van der Waals surface area contributed by atoms with E-state index in [1.54, 1.807) is 18.3 Å². The van der Waals surface area contributed by atoms with Gasteiger partial charge < -0.3 is 16.0 Å². The summed E-state index contributed by atoms with van der Waals surface area (Å²) in [7, 11) is 0. The van der Waals surface area contributed by atoms with Crippen LogP contribution in [0.5, 0.6) is 0 Å². The van der Waals surface area contributed by atoms with Gasteiger partial charge in [0.2, 0.25) is 0 Å². The zero-order chi connectivity index (χ0) is 7.84. The van der Waals surface area contributed by atoms with Crippen LogP contribution in [0.3, 0.4) is 0 Å². The molecule has 4 N–H and O–H groups in total. The summed E-state index contributed by atoms with van der Waals surface area (Å²) in [6.07, 6.45) is 1.60. The van der Waals surface area contributed by atoms with E-state index in [1.807, 2.05) is 0 Å². The molecule has 4 heteroatoms. The van der Waals surface area contributed by atoms with Crippen LogP contribution in [0.4, 0.5) is 11.4 Å². The number of nitrogens with zero attached hydrogens (tertiary/aromatic N) is 1. The normalized spacial score (nSPS) is 10.5. The van der Waals surface area contributed by atoms with Crippen molar-refractivity contribution in [2.24, 2.45) is 0 Å². The number of benzene rings is 1. The van der Waals surface area contributed by atoms with E-state index in [0.29, 0.717) is 17.0 Å². The van der Waals surface area contributed by atoms with Crippen molar-refractivity contribution in [2.45, 2.75) is 0 Å². The Morgan fingerprint density at radius 2 is 1.91 bits per heavy atom. The molecule has 0 saturated carbocycles. The molecule has 4 nitrogen and oxygen atoms in total. The molecule has 2 rings (SSSR count). The highest BCUT2D eigenvalue weighted by atomic mass is 16.5. The lowest BCUT2D eigenvalue weighted by Crippen LogP contribution is -1.92. The van der Waals surface area contributed by atoms with Gasteiger partial charge in [-0.25, -0.2) is 0 Å². The van der Waals surface area contributed by atoms with Crippen LogP contribution in [0.15, 0.2) is 22.9 Å². The van der Waals surface area contributed by atoms with E-state index in [2.05, 4.69) is 5.16 Å². The molecule has 0 radical (unpaired) electrons. The monoisotopic (exact) mass is 149 g/mol. The minimum absolute atomic E-state index is 0.522. The molecule has 0 saturated heterocycles. The van der Waals surface area contributed by atoms with Crippen molar-refractivity contribution in [3.63, 3.8) is 0 Å². The first kappa shape index (κ1) is 6.03. The van der Waals surface area contributed by atoms with E-state index in [-0.39, 0.29) is 0 Å². The Morgan fingerprint density at radius 3 is 2.73 bits per heavy atom. The molecule has 0 spiro atoms. The van der Waals surface area contributed by atoms with Gasteiger partial charge in [-0.3, -0.25) is 0 Å². The molecule has 1 aromatic carbocycles. The number of anilines is 2. The Kier molecular flexibility index (Phi) is 1.03. The number of hydrogen-bond acceptors (Lipinski definition) is 4. The lowest BCUT2D eigenvalue weighted by atomic mass is 10.2. The molecule has 0 atom stereocenters. The Balaban J connectivity index is 2.86. The summed E-state index contributed by atoms with van der Waals surface area (Å²) < 4.78 is 4.87. The molecule has 0 aliphatic heterocycles. The van der Waals surface area contributed by atoms with E-state index in [0.717, 1.165) is 5.39 Å². The first-order chi connectivity index (χ1) is 5.27. The topological polar surface area (TPSA) is 78.1 Å². The average Bonchev–Trinajstić information content (AvgIpc) is 2.36. The third-order valence-electron chi connectivity index (χ3n) is 1.56. The molecule has 11 heavy (non-hydrogen) atoms. The van der Waals surface area contributed by atoms with Gasteiger partial charge in [-0.15, -0.1) is 0 Å². The minimum Gasteiger partial charge on any atom is -0.397 e. The van der Waals surface area contributed by atoms with E-state index >= 15 is 0 Å². The zero-order valence-corrected chi connectivity index (χ0v) is 5.74. The van der Waals surface area contributed by atoms with E-state index in [9.17, 15) is 0 Å². The largest absolute Gasteiger partial charge is 0.397 e. The van der Waals surface area contributed by atoms with Crippen molar-refractivity contribution in [1.82, 2.24) is 5.16 Å². The first-order valence-electron chi connectivity index (χ1n) is 3.17. The Hall–Kier alpha value is -1.71. The van der Waals surface area contributed by atoms with Gasteiger partial charge in [0.25, 0.3) is 0 Å². The van der Waals surface area contributed by atoms with Crippen molar-refractivity contribution >= 4 is 22.3 Å². The summed E-state index contributed by atoms with van der Waals surface area (Å²) in [5.41, 5.74) is 12.8. The van der Waals surface area contributed by atoms with Gasteiger partial charge in [0.1, 0.15) is 0 Å². The molecule has 0 fully saturated rings. The second-order valence-electron chi connectivity index (χ2n) is 2.34. The summed E-state index contributed by atoms with van der Waals surface area (Å²) in [6, 6.07) is 3.40. The van der Waals surface area contributed by atoms with Gasteiger partial charge in [0.05, 0.1) is 17.6 Å². The van der Waals surface area contributed by atoms with Crippen LogP contribution >= 0.6 is 0 Å². The maximum atomic E-state index is 5.55. The summed E-state index contributed by atoms with van der Waals surface area (Å²) in [4.78, 5) is 0. The van der Waals surface area contributed by atoms with E-state index in [4.69, 9.17) is 16.0 Å². The highest BCUT2D eigenvalue weighted by Crippen LogP contribution is 2.22. The second-order valence-corrected chi connectivity index (χ2v) is 2.34. The standard InChI is InChI=1S/C7H7N3O/c8-5-1-4-3-10-11-7(4)2-6(5)9/h1-3H,8-9H2. The Morgan fingerprint density at radius 1 is 1.18 bits per heavy atom. The smallest absolute Gasteiger partial charge is 0.169 e. The fraction of sp³-hybridized carbons (Fsp3) is 0. The van der Waals surface area contributed by atoms with Crippen LogP contribution < -0.4 is 11.5 Å². The third-order valence-corrected chi connectivity index (χ3v) is 1.56. The van der Waals surface area contributed by atoms with Gasteiger partial charge in [-0.1, -0.05) is 5.16 Å². The average molecular weight is 149 g/mol. The van der Waals surface area contributed by atoms with Crippen LogP contribution in [0, 0.1) is 0 Å². The summed E-state index contributed by atoms with van der Waals surface area (Å²) >= 11 is 0. The highest BCUT2D eigenvalue weighted by Gasteiger charge is 2.01. The molecule has 56 valence electrons. The molecular weight excluding hydrogens is 142 g/mol. The van der Waals surface area contributed by atoms with Crippen molar-refractivity contribution in [2.75, 3.05) is 11.5 Å². The number of nitrogens with two attached hydrogens (primary N) is 2. The number of hydrogen-bond donors (Lipinski definition) is 2. The second kappa shape index (κ2) is 1.88. The van der Waals surface area contributed by atoms with E-state index in [1.165, 1.54) is 0 Å². The van der Waals surface area contributed by atoms with Crippen molar-refractivity contribution in [3.05, 3.63) is 18.3 Å². The predicted molar refractivity (Wildman–Crippen MR) is 42.8 cm³/mol. The molecule has 2 aromatic rings. The van der Waals surface area contributed by atoms with Crippen LogP contribution in [0.25, 0.3) is 11.0 Å². The fourth-order valence-electron chi connectivity index (χ4n) is 0.950. The number of fused-ring (bicyclic) bond motifs is 1. The van der Waals surface area contributed by atoms with Crippen molar-refractivity contribution in [3.8, 4) is 0 Å². The Labute approximate surface area is 62.8 Å². The van der Waals surface area contributed by atoms with Crippen LogP contribution in [0.1, 0.15) is 0 Å². The molecule has 1 aromatic heterocycles. The molecule has 0 unspecified atom stereocenters. The Bertz CT molecular complexity index is 357. The minimum atomic E-state index is 0.522. The summed E-state index contributed by atoms with van der Waals surface area (Å²) in [6.45, 7) is 0. The quantitative estimate of drug-likeness (QED) is 0.547. The molecule has 0 bridgehead atoms. The van der Waals surface area contributed by atoms with Gasteiger partial charge in [-0.05, 0) is 6.07 Å². The number of aromatic nitrogens is 1. The van der Waals surface area contributed by atoms with Crippen LogP contribution in [-0.2, 0) is 0 Å². The summed E-state index contributed by atoms with van der Waals surface area (Å²) in [5, 5.41) is 4.47. The number of rotatable bonds is 0. The number of nitrogen functional groups attached to an aromatic ring is 2. The molecule has 0 aliphatic carbocycles. The van der Waals surface area contributed by atoms with Crippen molar-refractivity contribution in [1.29, 1.82) is 0 Å². The van der Waals surface area contributed by atoms with E-state index < -0.39 is 0 Å². The van der Waals surface area contributed by atoms with Gasteiger partial charge >= 0.3 is 0 Å². The van der Waals surface area contributed by atoms with Crippen LogP contribution in [-0.4, -0.2) is 5.16 Å².